The molecule has 2 unspecified atom stereocenters. The van der Waals surface area contributed by atoms with Crippen molar-refractivity contribution in [2.45, 2.75) is 30.9 Å². The molecule has 3 aromatic rings. The second-order valence-electron chi connectivity index (χ2n) is 6.90. The number of hydrogen-bond acceptors (Lipinski definition) is 5. The quantitative estimate of drug-likeness (QED) is 0.522. The number of carbonyl (C=O) groups is 2. The van der Waals surface area contributed by atoms with Crippen LogP contribution in [0.4, 0.5) is 10.8 Å². The van der Waals surface area contributed by atoms with E-state index >= 15 is 0 Å². The van der Waals surface area contributed by atoms with Crippen LogP contribution in [-0.2, 0) is 14.5 Å². The van der Waals surface area contributed by atoms with Crippen LogP contribution in [0.5, 0.6) is 0 Å². The molecule has 4 rings (SSSR count). The lowest BCUT2D eigenvalue weighted by molar-refractivity contribution is -0.118. The minimum absolute atomic E-state index is 0.0235. The zero-order valence-electron chi connectivity index (χ0n) is 15.8. The zero-order valence-corrected chi connectivity index (χ0v) is 19.0. The molecule has 2 aromatic carbocycles. The van der Waals surface area contributed by atoms with Gasteiger partial charge in [0.15, 0.2) is 5.13 Å². The molecule has 1 fully saturated rings. The average molecular weight is 466 g/mol. The molecular weight excluding hydrogens is 449 g/mol. The molecule has 0 saturated carbocycles. The third-order valence-electron chi connectivity index (χ3n) is 4.72. The van der Waals surface area contributed by atoms with E-state index in [2.05, 4.69) is 5.32 Å². The van der Waals surface area contributed by atoms with Crippen molar-refractivity contribution >= 4 is 79.2 Å². The Balaban J connectivity index is 1.82. The Morgan fingerprint density at radius 3 is 2.69 bits per heavy atom. The summed E-state index contributed by atoms with van der Waals surface area (Å²) >= 11 is 15.5. The highest BCUT2D eigenvalue weighted by Crippen LogP contribution is 2.53. The smallest absolute Gasteiger partial charge is 0.243 e. The van der Waals surface area contributed by atoms with Gasteiger partial charge < -0.3 is 5.32 Å². The molecule has 0 radical (unpaired) electrons. The van der Waals surface area contributed by atoms with Gasteiger partial charge in [-0.2, -0.15) is 0 Å². The number of amides is 2. The minimum Gasteiger partial charge on any atom is -0.326 e. The summed E-state index contributed by atoms with van der Waals surface area (Å²) < 4.78 is 0.883. The molecule has 150 valence electrons. The van der Waals surface area contributed by atoms with Crippen LogP contribution >= 0.6 is 46.3 Å². The summed E-state index contributed by atoms with van der Waals surface area (Å²) in [5, 5.41) is 4.17. The number of thiazole rings is 1. The molecule has 1 saturated heterocycles. The van der Waals surface area contributed by atoms with Gasteiger partial charge in [0.25, 0.3) is 0 Å². The maximum absolute atomic E-state index is 13.1. The van der Waals surface area contributed by atoms with Crippen molar-refractivity contribution in [1.29, 1.82) is 0 Å². The van der Waals surface area contributed by atoms with E-state index < -0.39 is 4.87 Å². The van der Waals surface area contributed by atoms with Crippen LogP contribution in [0.3, 0.4) is 0 Å². The number of carbonyl (C=O) groups excluding carboxylic acids is 2. The van der Waals surface area contributed by atoms with Crippen molar-refractivity contribution in [2.75, 3.05) is 10.2 Å². The number of halogens is 2. The summed E-state index contributed by atoms with van der Waals surface area (Å²) in [6, 6.07) is 10.8. The summed E-state index contributed by atoms with van der Waals surface area (Å²) in [4.78, 5) is 30.2. The fourth-order valence-electron chi connectivity index (χ4n) is 3.45. The van der Waals surface area contributed by atoms with Crippen LogP contribution < -0.4 is 10.2 Å². The highest BCUT2D eigenvalue weighted by Gasteiger charge is 2.51. The van der Waals surface area contributed by atoms with Crippen LogP contribution in [-0.4, -0.2) is 22.0 Å². The molecule has 2 amide bonds. The fourth-order valence-corrected chi connectivity index (χ4v) is 6.75. The second-order valence-corrected chi connectivity index (χ2v) is 10.5. The Labute approximate surface area is 186 Å². The molecule has 0 spiro atoms. The Morgan fingerprint density at radius 1 is 1.24 bits per heavy atom. The number of fused-ring (bicyclic) bond motifs is 1. The van der Waals surface area contributed by atoms with Crippen LogP contribution in [0.2, 0.25) is 10.0 Å². The van der Waals surface area contributed by atoms with Gasteiger partial charge in [-0.3, -0.25) is 14.5 Å². The standard InChI is InChI=1S/C20H17Cl2N3O2S2/c1-10-18(27)25(20(3,29-10)14-6-4-12(21)8-15(14)22)19-24-16-7-5-13(23-11(2)26)9-17(16)28-19/h4-10H,1-3H3,(H,23,26). The Morgan fingerprint density at radius 2 is 2.00 bits per heavy atom. The maximum Gasteiger partial charge on any atom is 0.243 e. The van der Waals surface area contributed by atoms with E-state index in [0.29, 0.717) is 20.9 Å². The van der Waals surface area contributed by atoms with Crippen molar-refractivity contribution < 1.29 is 9.59 Å². The van der Waals surface area contributed by atoms with Crippen molar-refractivity contribution in [3.8, 4) is 0 Å². The van der Waals surface area contributed by atoms with Gasteiger partial charge in [0, 0.05) is 28.2 Å². The van der Waals surface area contributed by atoms with Crippen molar-refractivity contribution in [3.63, 3.8) is 0 Å². The summed E-state index contributed by atoms with van der Waals surface area (Å²) in [7, 11) is 0. The number of anilines is 2. The summed E-state index contributed by atoms with van der Waals surface area (Å²) in [5.41, 5.74) is 2.27. The molecule has 0 aliphatic carbocycles. The number of hydrogen-bond donors (Lipinski definition) is 1. The monoisotopic (exact) mass is 465 g/mol. The predicted molar refractivity (Wildman–Crippen MR) is 122 cm³/mol. The van der Waals surface area contributed by atoms with Crippen molar-refractivity contribution in [2.24, 2.45) is 0 Å². The van der Waals surface area contributed by atoms with Gasteiger partial charge in [0.05, 0.1) is 15.5 Å². The topological polar surface area (TPSA) is 62.3 Å². The SMILES string of the molecule is CC(=O)Nc1ccc2nc(N3C(=O)C(C)SC3(C)c3ccc(Cl)cc3Cl)sc2c1. The van der Waals surface area contributed by atoms with Crippen molar-refractivity contribution in [3.05, 3.63) is 52.0 Å². The molecule has 2 atom stereocenters. The van der Waals surface area contributed by atoms with Crippen molar-refractivity contribution in [1.82, 2.24) is 4.98 Å². The normalized spacial score (nSPS) is 21.8. The Kier molecular flexibility index (Phi) is 5.27. The molecule has 2 heterocycles. The average Bonchev–Trinajstić information content (AvgIpc) is 3.12. The van der Waals surface area contributed by atoms with Gasteiger partial charge in [-0.15, -0.1) is 11.8 Å². The van der Waals surface area contributed by atoms with Gasteiger partial charge in [-0.25, -0.2) is 4.98 Å². The van der Waals surface area contributed by atoms with Gasteiger partial charge in [-0.05, 0) is 44.2 Å². The summed E-state index contributed by atoms with van der Waals surface area (Å²) in [6.45, 7) is 5.32. The largest absolute Gasteiger partial charge is 0.326 e. The number of aromatic nitrogens is 1. The first kappa shape index (κ1) is 20.5. The Bertz CT molecular complexity index is 1150. The fraction of sp³-hybridized carbons (Fsp3) is 0.250. The van der Waals surface area contributed by atoms with Gasteiger partial charge >= 0.3 is 0 Å². The number of benzene rings is 2. The second kappa shape index (κ2) is 7.47. The van der Waals surface area contributed by atoms with Gasteiger partial charge in [-0.1, -0.05) is 40.6 Å². The highest BCUT2D eigenvalue weighted by atomic mass is 35.5. The lowest BCUT2D eigenvalue weighted by Crippen LogP contribution is -2.40. The lowest BCUT2D eigenvalue weighted by Gasteiger charge is -2.33. The van der Waals surface area contributed by atoms with Gasteiger partial charge in [0.2, 0.25) is 11.8 Å². The molecule has 29 heavy (non-hydrogen) atoms. The molecule has 1 aliphatic heterocycles. The number of rotatable bonds is 3. The first-order chi connectivity index (χ1) is 13.7. The van der Waals surface area contributed by atoms with E-state index in [1.807, 2.05) is 32.0 Å². The van der Waals surface area contributed by atoms with E-state index in [9.17, 15) is 9.59 Å². The van der Waals surface area contributed by atoms with E-state index in [-0.39, 0.29) is 17.1 Å². The van der Waals surface area contributed by atoms with Crippen LogP contribution in [0, 0.1) is 0 Å². The molecule has 1 aromatic heterocycles. The Hall–Kier alpha value is -1.80. The molecule has 5 nitrogen and oxygen atoms in total. The van der Waals surface area contributed by atoms with E-state index in [4.69, 9.17) is 28.2 Å². The lowest BCUT2D eigenvalue weighted by atomic mass is 10.1. The van der Waals surface area contributed by atoms with E-state index in [1.165, 1.54) is 30.0 Å². The maximum atomic E-state index is 13.1. The van der Waals surface area contributed by atoms with Crippen LogP contribution in [0.25, 0.3) is 10.2 Å². The van der Waals surface area contributed by atoms with Crippen LogP contribution in [0.1, 0.15) is 26.3 Å². The molecule has 0 bridgehead atoms. The first-order valence-electron chi connectivity index (χ1n) is 8.84. The van der Waals surface area contributed by atoms with Gasteiger partial charge in [0.1, 0.15) is 4.87 Å². The third-order valence-corrected chi connectivity index (χ3v) is 7.69. The van der Waals surface area contributed by atoms with E-state index in [1.54, 1.807) is 23.1 Å². The first-order valence-corrected chi connectivity index (χ1v) is 11.3. The summed E-state index contributed by atoms with van der Waals surface area (Å²) in [5.74, 6) is -0.163. The molecule has 9 heteroatoms. The number of thioether (sulfide) groups is 1. The summed E-state index contributed by atoms with van der Waals surface area (Å²) in [6.07, 6.45) is 0. The predicted octanol–water partition coefficient (Wildman–Crippen LogP) is 5.90. The highest BCUT2D eigenvalue weighted by molar-refractivity contribution is 8.02. The zero-order chi connectivity index (χ0) is 20.9. The van der Waals surface area contributed by atoms with Crippen LogP contribution in [0.15, 0.2) is 36.4 Å². The van der Waals surface area contributed by atoms with E-state index in [0.717, 1.165) is 15.8 Å². The third kappa shape index (κ3) is 3.61. The molecular formula is C20H17Cl2N3O2S2. The number of nitrogens with zero attached hydrogens (tertiary/aromatic N) is 2. The minimum atomic E-state index is -0.716. The molecule has 1 N–H and O–H groups in total. The molecule has 1 aliphatic rings. The number of nitrogens with one attached hydrogen (secondary N) is 1.